The fourth-order valence-corrected chi connectivity index (χ4v) is 3.06. The van der Waals surface area contributed by atoms with Crippen LogP contribution in [0.1, 0.15) is 22.8 Å². The zero-order valence-corrected chi connectivity index (χ0v) is 14.9. The van der Waals surface area contributed by atoms with E-state index in [0.717, 1.165) is 5.56 Å². The predicted molar refractivity (Wildman–Crippen MR) is 92.5 cm³/mol. The van der Waals surface area contributed by atoms with Gasteiger partial charge in [0.05, 0.1) is 25.3 Å². The van der Waals surface area contributed by atoms with Gasteiger partial charge >= 0.3 is 24.1 Å². The molecule has 2 aromatic rings. The minimum atomic E-state index is -0.377. The first-order chi connectivity index (χ1) is 12.5. The normalized spacial score (nSPS) is 16.3. The largest absolute Gasteiger partial charge is 0.450 e. The number of ether oxygens (including phenoxy) is 1. The first-order valence-electron chi connectivity index (χ1n) is 8.51. The smallest absolute Gasteiger partial charge is 0.410 e. The van der Waals surface area contributed by atoms with Crippen molar-refractivity contribution in [1.82, 2.24) is 14.8 Å². The zero-order valence-electron chi connectivity index (χ0n) is 14.9. The zero-order chi connectivity index (χ0) is 18.7. The quantitative estimate of drug-likeness (QED) is 0.635. The second-order valence-electron chi connectivity index (χ2n) is 6.25. The van der Waals surface area contributed by atoms with Crippen LogP contribution in [0.3, 0.4) is 0 Å². The summed E-state index contributed by atoms with van der Waals surface area (Å²) in [4.78, 5) is 28.3. The van der Waals surface area contributed by atoms with Crippen LogP contribution in [0.2, 0.25) is 0 Å². The third-order valence-corrected chi connectivity index (χ3v) is 4.55. The maximum Gasteiger partial charge on any atom is 0.410 e. The first kappa shape index (κ1) is 17.9. The Bertz CT molecular complexity index is 794. The molecule has 26 heavy (non-hydrogen) atoms. The Morgan fingerprint density at radius 1 is 1.31 bits per heavy atom. The molecule has 2 heterocycles. The van der Waals surface area contributed by atoms with Crippen LogP contribution in [0.15, 0.2) is 35.0 Å². The van der Waals surface area contributed by atoms with Crippen LogP contribution in [0.25, 0.3) is 0 Å². The standard InChI is InChI=1S/C17H23N5O4/c1-3-25-17(24)20-8-10-22(11-9-20,21-12-15(18)26-19-21)16(23)14-6-4-13(2)5-7-14/h4-7,12H,3,8-11,18H2,1-2H3/q+2. The van der Waals surface area contributed by atoms with Gasteiger partial charge in [0, 0.05) is 0 Å². The molecule has 0 bridgehead atoms. The number of carbonyl (C=O) groups excluding carboxylic acids is 2. The number of aryl methyl sites for hydroxylation is 1. The summed E-state index contributed by atoms with van der Waals surface area (Å²) in [5, 5.41) is 3.92. The van der Waals surface area contributed by atoms with Gasteiger partial charge in [-0.05, 0) is 30.6 Å². The number of nitrogens with two attached hydrogens (primary N) is 1. The summed E-state index contributed by atoms with van der Waals surface area (Å²) in [5.74, 6) is -0.0150. The molecule has 138 valence electrons. The van der Waals surface area contributed by atoms with E-state index in [9.17, 15) is 9.59 Å². The van der Waals surface area contributed by atoms with E-state index in [-0.39, 0.29) is 22.5 Å². The van der Waals surface area contributed by atoms with Gasteiger partial charge in [-0.3, -0.25) is 9.42 Å². The van der Waals surface area contributed by atoms with Crippen LogP contribution in [0.4, 0.5) is 10.7 Å². The van der Waals surface area contributed by atoms with Crippen molar-refractivity contribution < 1.29 is 23.6 Å². The average molecular weight is 361 g/mol. The third kappa shape index (κ3) is 3.25. The molecule has 0 spiro atoms. The molecule has 1 aromatic carbocycles. The minimum absolute atomic E-state index is 0.118. The van der Waals surface area contributed by atoms with Gasteiger partial charge in [0.1, 0.15) is 4.79 Å². The number of carbonyl (C=O) groups is 2. The summed E-state index contributed by atoms with van der Waals surface area (Å²) in [6, 6.07) is 7.36. The van der Waals surface area contributed by atoms with Crippen LogP contribution < -0.4 is 15.1 Å². The van der Waals surface area contributed by atoms with Crippen LogP contribution in [-0.2, 0) is 4.74 Å². The fraction of sp³-hybridized carbons (Fsp3) is 0.412. The lowest BCUT2D eigenvalue weighted by molar-refractivity contribution is -0.860. The van der Waals surface area contributed by atoms with Crippen LogP contribution >= 0.6 is 0 Å². The Morgan fingerprint density at radius 2 is 1.96 bits per heavy atom. The van der Waals surface area contributed by atoms with Gasteiger partial charge in [-0.25, -0.2) is 9.59 Å². The molecular formula is C17H23N5O4+2. The van der Waals surface area contributed by atoms with E-state index in [1.807, 2.05) is 19.1 Å². The summed E-state index contributed by atoms with van der Waals surface area (Å²) in [6.07, 6.45) is 1.12. The Kier molecular flexibility index (Phi) is 4.90. The highest BCUT2D eigenvalue weighted by Gasteiger charge is 2.53. The monoisotopic (exact) mass is 361 g/mol. The molecule has 2 N–H and O–H groups in total. The van der Waals surface area contributed by atoms with Crippen molar-refractivity contribution >= 4 is 17.9 Å². The lowest BCUT2D eigenvalue weighted by atomic mass is 10.1. The molecular weight excluding hydrogens is 338 g/mol. The Morgan fingerprint density at radius 3 is 2.50 bits per heavy atom. The highest BCUT2D eigenvalue weighted by atomic mass is 16.6. The van der Waals surface area contributed by atoms with E-state index in [1.54, 1.807) is 24.0 Å². The van der Waals surface area contributed by atoms with Gasteiger partial charge < -0.3 is 10.5 Å². The molecule has 3 rings (SSSR count). The van der Waals surface area contributed by atoms with Crippen molar-refractivity contribution in [3.8, 4) is 0 Å². The summed E-state index contributed by atoms with van der Waals surface area (Å²) in [5.41, 5.74) is 7.29. The molecule has 9 nitrogen and oxygen atoms in total. The number of hydrogen-bond donors (Lipinski definition) is 1. The van der Waals surface area contributed by atoms with Crippen LogP contribution in [0.5, 0.6) is 0 Å². The molecule has 2 amide bonds. The van der Waals surface area contributed by atoms with Gasteiger partial charge in [-0.2, -0.15) is 0 Å². The van der Waals surface area contributed by atoms with Gasteiger partial charge in [-0.1, -0.05) is 17.7 Å². The number of nitrogens with zero attached hydrogens (tertiary/aromatic N) is 4. The van der Waals surface area contributed by atoms with Crippen LogP contribution in [0, 0.1) is 6.92 Å². The molecule has 0 saturated carbocycles. The second kappa shape index (κ2) is 7.12. The number of benzene rings is 1. The number of rotatable bonds is 3. The molecule has 0 radical (unpaired) electrons. The van der Waals surface area contributed by atoms with Crippen molar-refractivity contribution in [2.24, 2.45) is 0 Å². The number of anilines is 1. The number of nitrogen functional groups attached to an aromatic ring is 1. The Labute approximate surface area is 151 Å². The highest BCUT2D eigenvalue weighted by Crippen LogP contribution is 2.15. The highest BCUT2D eigenvalue weighted by molar-refractivity contribution is 5.97. The average Bonchev–Trinajstić information content (AvgIpc) is 3.09. The maximum absolute atomic E-state index is 13.3. The molecule has 1 aromatic heterocycles. The van der Waals surface area contributed by atoms with Gasteiger partial charge in [-0.15, -0.1) is 0 Å². The molecule has 1 fully saturated rings. The van der Waals surface area contributed by atoms with Crippen molar-refractivity contribution in [3.05, 3.63) is 41.6 Å². The third-order valence-electron chi connectivity index (χ3n) is 4.55. The number of quaternary nitrogens is 1. The van der Waals surface area contributed by atoms with Crippen molar-refractivity contribution in [3.63, 3.8) is 0 Å². The topological polar surface area (TPSA) is 103 Å². The summed E-state index contributed by atoms with van der Waals surface area (Å²) >= 11 is 0. The minimum Gasteiger partial charge on any atom is -0.450 e. The molecule has 0 unspecified atom stereocenters. The number of hydrogen-bond acceptors (Lipinski definition) is 6. The van der Waals surface area contributed by atoms with E-state index < -0.39 is 0 Å². The van der Waals surface area contributed by atoms with E-state index in [1.165, 1.54) is 11.0 Å². The molecule has 9 heteroatoms. The Balaban J connectivity index is 1.91. The molecule has 1 saturated heterocycles. The predicted octanol–water partition coefficient (Wildman–Crippen LogP) is 0.604. The summed E-state index contributed by atoms with van der Waals surface area (Å²) in [6.45, 7) is 5.42. The van der Waals surface area contributed by atoms with E-state index in [0.29, 0.717) is 38.3 Å². The summed E-state index contributed by atoms with van der Waals surface area (Å²) in [7, 11) is 0. The van der Waals surface area contributed by atoms with E-state index >= 15 is 0 Å². The van der Waals surface area contributed by atoms with Crippen molar-refractivity contribution in [2.75, 3.05) is 38.5 Å². The fourth-order valence-electron chi connectivity index (χ4n) is 3.06. The number of aromatic nitrogens is 2. The second-order valence-corrected chi connectivity index (χ2v) is 6.25. The number of piperazine rings is 1. The molecule has 0 aliphatic carbocycles. The summed E-state index contributed by atoms with van der Waals surface area (Å²) < 4.78 is 9.90. The van der Waals surface area contributed by atoms with Crippen molar-refractivity contribution in [1.29, 1.82) is 0 Å². The van der Waals surface area contributed by atoms with Gasteiger partial charge in [0.2, 0.25) is 0 Å². The lowest BCUT2D eigenvalue weighted by Gasteiger charge is -2.33. The number of amides is 2. The van der Waals surface area contributed by atoms with Crippen molar-refractivity contribution in [2.45, 2.75) is 13.8 Å². The van der Waals surface area contributed by atoms with Gasteiger partial charge in [0.25, 0.3) is 5.27 Å². The molecule has 1 aliphatic rings. The van der Waals surface area contributed by atoms with Crippen LogP contribution in [-0.4, -0.2) is 55.0 Å². The van der Waals surface area contributed by atoms with E-state index in [2.05, 4.69) is 5.27 Å². The SMILES string of the molecule is CCOC(=O)N1CC[N+](C(=O)c2ccc(C)cc2)([n+]2cc(N)on2)CC1. The first-order valence-corrected chi connectivity index (χ1v) is 8.51. The molecule has 0 atom stereocenters. The maximum atomic E-state index is 13.3. The Hall–Kier alpha value is -2.94. The lowest BCUT2D eigenvalue weighted by Crippen LogP contribution is -2.83. The van der Waals surface area contributed by atoms with Gasteiger partial charge in [0.15, 0.2) is 13.1 Å². The molecule has 1 aliphatic heterocycles. The van der Waals surface area contributed by atoms with E-state index in [4.69, 9.17) is 15.0 Å².